The van der Waals surface area contributed by atoms with Crippen LogP contribution in [0.15, 0.2) is 72.9 Å². The summed E-state index contributed by atoms with van der Waals surface area (Å²) in [5.41, 5.74) is 6.97. The van der Waals surface area contributed by atoms with Crippen LogP contribution in [0.3, 0.4) is 0 Å². The number of nitrogens with zero attached hydrogens (tertiary/aromatic N) is 6. The number of phenols is 1. The Morgan fingerprint density at radius 3 is 2.18 bits per heavy atom. The number of β-amino-alcohol motifs (C(OH)–C–C–N with tert-alkyl or cyclic N) is 1. The van der Waals surface area contributed by atoms with Gasteiger partial charge in [0.1, 0.15) is 59.2 Å². The third-order valence-corrected chi connectivity index (χ3v) is 18.4. The number of primary amides is 1. The molecule has 4 saturated heterocycles. The fourth-order valence-electron chi connectivity index (χ4n) is 11.9. The second kappa shape index (κ2) is 34.6. The standard InChI is InChI=1S/C61H78N12O21S2.Na/c1-30-27-72-49(50(30)80)57(87)63-26-36(75)23-39(64-53(83)33-10-8-32(9-11-33)40-29-73-61(65-40)95-58(69-73)34-12-15-38(16-13-34)91-21-7-6-20-70-18-4-3-5-19-70)54(84)66-46(31(2)74)59(88)71-28-37(76)24-41(71)55(85)68-48(56(86)67-47(60(72)89)43(78)25-45(62)79)52(82)51(81)35-14-17-42(77)44(22-35)92-96-94-93-90;/h8-17,22,29-31,36-37,39,41,43,46-52,74-78,80-82,90H,3-7,18-21,23-28H2,1-2H3,(H2,62,79)(H,63,87)(H,64,83)(H,66,84)(H,67,86)(H,68,85);/q;+1/p-1/t30?,31?,36?,37?,39-,41?,43?,46?,47?,48?,49?,50?,51?,52?;/m0./s1. The average Bonchev–Trinajstić information content (AvgIpc) is 1.67. The molecule has 8 amide bonds. The number of hydrogen-bond acceptors (Lipinski definition) is 26. The molecule has 520 valence electrons. The SMILES string of the molecule is CC(O)C1NC(=O)[C@@H](NC(=O)c2ccc(-c3cn4nc(-c5ccc(OCCCCN6CCCCC6)cc5)sc4n3)cc2)CC(O)CNC(=O)C2C(O)C(C)CN2C(=O)C(C(O)CC(N)=O)NC(=O)C(C(O)C(O)c2ccc(O)c(OSOO[O-])c2)NC(=O)C2CC(O)CN2C1=O.[Na+]. The second-order valence-electron chi connectivity index (χ2n) is 24.2. The van der Waals surface area contributed by atoms with Crippen molar-refractivity contribution in [1.82, 2.24) is 55.9 Å². The minimum absolute atomic E-state index is 0. The number of unbranched alkanes of at least 4 members (excludes halogenated alkanes) is 1. The van der Waals surface area contributed by atoms with Crippen molar-refractivity contribution in [3.8, 4) is 39.1 Å². The Morgan fingerprint density at radius 2 is 1.49 bits per heavy atom. The summed E-state index contributed by atoms with van der Waals surface area (Å²) in [6.07, 6.45) is -8.63. The van der Waals surface area contributed by atoms with Crippen LogP contribution in [-0.2, 0) is 42.9 Å². The number of rotatable bonds is 21. The van der Waals surface area contributed by atoms with E-state index in [1.807, 2.05) is 24.3 Å². The number of hydrogen-bond donors (Lipinski definition) is 14. The number of nitrogens with one attached hydrogen (secondary N) is 5. The Balaban J connectivity index is 0.0000120. The number of aromatic nitrogens is 3. The molecule has 5 aromatic rings. The number of fused-ring (bicyclic) bond motifs is 3. The Kier molecular flexibility index (Phi) is 26.9. The number of aliphatic hydroxyl groups excluding tert-OH is 7. The van der Waals surface area contributed by atoms with E-state index in [2.05, 4.69) is 40.9 Å². The van der Waals surface area contributed by atoms with Crippen molar-refractivity contribution in [2.45, 2.75) is 144 Å². The molecular formula is C61H77N12NaO21S2. The van der Waals surface area contributed by atoms with E-state index in [1.54, 1.807) is 22.8 Å². The molecule has 0 radical (unpaired) electrons. The summed E-state index contributed by atoms with van der Waals surface area (Å²) in [4.78, 5) is 123. The van der Waals surface area contributed by atoms with Crippen LogP contribution >= 0.6 is 23.7 Å². The molecule has 2 aromatic heterocycles. The van der Waals surface area contributed by atoms with Crippen molar-refractivity contribution >= 4 is 75.9 Å². The number of carbonyl (C=O) groups excluding carboxylic acids is 8. The Hall–Kier alpha value is -7.17. The summed E-state index contributed by atoms with van der Waals surface area (Å²) in [6, 6.07) is 4.27. The maximum absolute atomic E-state index is 14.7. The summed E-state index contributed by atoms with van der Waals surface area (Å²) in [7, 11) is 0. The summed E-state index contributed by atoms with van der Waals surface area (Å²) < 4.78 is 16.7. The van der Waals surface area contributed by atoms with Gasteiger partial charge in [0, 0.05) is 55.1 Å². The van der Waals surface area contributed by atoms with Gasteiger partial charge < -0.3 is 102 Å². The van der Waals surface area contributed by atoms with Gasteiger partial charge in [0.25, 0.3) is 18.2 Å². The van der Waals surface area contributed by atoms with E-state index in [4.69, 9.17) is 24.7 Å². The number of imidazole rings is 1. The predicted octanol–water partition coefficient (Wildman–Crippen LogP) is -6.04. The van der Waals surface area contributed by atoms with E-state index in [-0.39, 0.29) is 53.0 Å². The van der Waals surface area contributed by atoms with Gasteiger partial charge in [-0.15, -0.1) is 4.33 Å². The first kappa shape index (κ1) is 75.6. The first-order valence-corrected chi connectivity index (χ1v) is 32.6. The number of piperidine rings is 1. The number of amides is 8. The molecule has 6 heterocycles. The third-order valence-electron chi connectivity index (χ3n) is 17.1. The van der Waals surface area contributed by atoms with Crippen LogP contribution in [0.5, 0.6) is 17.2 Å². The van der Waals surface area contributed by atoms with Crippen molar-refractivity contribution in [1.29, 1.82) is 0 Å². The van der Waals surface area contributed by atoms with Gasteiger partial charge in [-0.3, -0.25) is 43.4 Å². The zero-order valence-electron chi connectivity index (χ0n) is 53.1. The largest absolute Gasteiger partial charge is 1.00 e. The van der Waals surface area contributed by atoms with E-state index in [0.717, 1.165) is 65.6 Å². The van der Waals surface area contributed by atoms with Gasteiger partial charge >= 0.3 is 29.6 Å². The Morgan fingerprint density at radius 1 is 0.814 bits per heavy atom. The maximum Gasteiger partial charge on any atom is 1.00 e. The van der Waals surface area contributed by atoms with E-state index < -0.39 is 183 Å². The van der Waals surface area contributed by atoms with Crippen LogP contribution in [0.4, 0.5) is 0 Å². The van der Waals surface area contributed by atoms with Crippen LogP contribution in [0.25, 0.3) is 26.8 Å². The number of aromatic hydroxyl groups is 1. The Labute approximate surface area is 585 Å². The van der Waals surface area contributed by atoms with E-state index in [0.29, 0.717) is 27.8 Å². The molecule has 15 N–H and O–H groups in total. The molecule has 33 nitrogen and oxygen atoms in total. The van der Waals surface area contributed by atoms with Crippen molar-refractivity contribution in [2.75, 3.05) is 45.9 Å². The maximum atomic E-state index is 14.7. The quantitative estimate of drug-likeness (QED) is 0.0107. The van der Waals surface area contributed by atoms with Crippen molar-refractivity contribution in [3.05, 3.63) is 84.1 Å². The molecule has 36 heteroatoms. The number of phenolic OH excluding ortho intramolecular Hbond substituents is 1. The molecule has 9 rings (SSSR count). The molecule has 0 bridgehead atoms. The molecule has 4 aliphatic rings. The topological polar surface area (TPSA) is 484 Å². The number of likely N-dealkylation sites (tertiary alicyclic amines) is 1. The number of benzene rings is 3. The first-order valence-electron chi connectivity index (χ1n) is 31.1. The number of aliphatic hydroxyl groups is 7. The zero-order valence-corrected chi connectivity index (χ0v) is 56.7. The van der Waals surface area contributed by atoms with Crippen LogP contribution in [-0.4, -0.2) is 236 Å². The fourth-order valence-corrected chi connectivity index (χ4v) is 13.1. The molecule has 4 fully saturated rings. The minimum Gasteiger partial charge on any atom is -0.691 e. The van der Waals surface area contributed by atoms with Gasteiger partial charge in [0.2, 0.25) is 46.3 Å². The van der Waals surface area contributed by atoms with Gasteiger partial charge in [0.15, 0.2) is 11.5 Å². The molecule has 14 atom stereocenters. The summed E-state index contributed by atoms with van der Waals surface area (Å²) >= 11 is 1.27. The van der Waals surface area contributed by atoms with Gasteiger partial charge in [-0.05, 0) is 106 Å². The minimum atomic E-state index is -2.54. The van der Waals surface area contributed by atoms with Crippen LogP contribution in [0.1, 0.15) is 87.2 Å². The molecule has 3 aromatic carbocycles. The molecule has 0 saturated carbocycles. The fraction of sp³-hybridized carbons (Fsp3) is 0.508. The number of nitrogens with two attached hydrogens (primary N) is 1. The molecular weight excluding hydrogens is 1320 g/mol. The molecule has 0 aliphatic carbocycles. The third kappa shape index (κ3) is 19.0. The van der Waals surface area contributed by atoms with Crippen LogP contribution in [0, 0.1) is 5.92 Å². The monoisotopic (exact) mass is 1400 g/mol. The zero-order chi connectivity index (χ0) is 69.1. The van der Waals surface area contributed by atoms with Gasteiger partial charge in [-0.2, -0.15) is 5.10 Å². The Bertz CT molecular complexity index is 3540. The summed E-state index contributed by atoms with van der Waals surface area (Å²) in [6.45, 7) is 4.71. The summed E-state index contributed by atoms with van der Waals surface area (Å²) in [5.74, 6) is -11.2. The van der Waals surface area contributed by atoms with E-state index in [1.165, 1.54) is 62.7 Å². The molecule has 4 aliphatic heterocycles. The average molecular weight is 1400 g/mol. The predicted molar refractivity (Wildman–Crippen MR) is 335 cm³/mol. The van der Waals surface area contributed by atoms with Crippen LogP contribution in [0.2, 0.25) is 0 Å². The van der Waals surface area contributed by atoms with Crippen LogP contribution < -0.4 is 76.1 Å². The molecule has 13 unspecified atom stereocenters. The number of ether oxygens (including phenoxy) is 1. The van der Waals surface area contributed by atoms with Crippen molar-refractivity contribution < 1.29 is 132 Å². The number of carbonyl (C=O) groups is 8. The van der Waals surface area contributed by atoms with Gasteiger partial charge in [-0.25, -0.2) is 9.50 Å². The second-order valence-corrected chi connectivity index (χ2v) is 25.6. The van der Waals surface area contributed by atoms with Gasteiger partial charge in [0.05, 0.1) is 55.4 Å². The molecule has 97 heavy (non-hydrogen) atoms. The smallest absolute Gasteiger partial charge is 0.691 e. The van der Waals surface area contributed by atoms with E-state index in [9.17, 15) is 84.5 Å². The summed E-state index contributed by atoms with van der Waals surface area (Å²) in [5, 5.41) is 121. The van der Waals surface area contributed by atoms with Crippen molar-refractivity contribution in [3.63, 3.8) is 0 Å². The van der Waals surface area contributed by atoms with Gasteiger partial charge in [-0.1, -0.05) is 42.9 Å². The van der Waals surface area contributed by atoms with E-state index >= 15 is 0 Å². The van der Waals surface area contributed by atoms with Crippen molar-refractivity contribution in [2.24, 2.45) is 11.7 Å². The normalized spacial score (nSPS) is 25.4. The molecule has 0 spiro atoms. The first-order chi connectivity index (χ1) is 45.9.